The van der Waals surface area contributed by atoms with Crippen molar-refractivity contribution in [1.29, 1.82) is 0 Å². The van der Waals surface area contributed by atoms with Gasteiger partial charge in [0.1, 0.15) is 11.9 Å². The predicted octanol–water partition coefficient (Wildman–Crippen LogP) is 3.01. The van der Waals surface area contributed by atoms with Crippen LogP contribution >= 0.6 is 0 Å². The lowest BCUT2D eigenvalue weighted by atomic mass is 9.98. The van der Waals surface area contributed by atoms with E-state index in [0.29, 0.717) is 12.0 Å². The zero-order valence-corrected chi connectivity index (χ0v) is 10.5. The lowest BCUT2D eigenvalue weighted by Gasteiger charge is -2.22. The monoisotopic (exact) mass is 235 g/mol. The van der Waals surface area contributed by atoms with E-state index in [-0.39, 0.29) is 0 Å². The highest BCUT2D eigenvalue weighted by atomic mass is 16.5. The van der Waals surface area contributed by atoms with Gasteiger partial charge in [0.15, 0.2) is 0 Å². The molecule has 0 aliphatic heterocycles. The van der Waals surface area contributed by atoms with Crippen LogP contribution < -0.4 is 10.1 Å². The predicted molar refractivity (Wildman–Crippen MR) is 68.3 cm³/mol. The molecule has 0 amide bonds. The number of anilines is 1. The summed E-state index contributed by atoms with van der Waals surface area (Å²) in [7, 11) is 0. The lowest BCUT2D eigenvalue weighted by molar-refractivity contribution is 0.148. The van der Waals surface area contributed by atoms with Crippen molar-refractivity contribution in [2.45, 2.75) is 51.6 Å². The van der Waals surface area contributed by atoms with E-state index in [4.69, 9.17) is 4.74 Å². The quantitative estimate of drug-likeness (QED) is 0.852. The van der Waals surface area contributed by atoms with Gasteiger partial charge in [-0.2, -0.15) is 4.98 Å². The first-order chi connectivity index (χ1) is 8.38. The molecular formula is C13H21N3O. The molecule has 1 saturated carbocycles. The Labute approximate surface area is 103 Å². The molecule has 0 saturated heterocycles. The van der Waals surface area contributed by atoms with Gasteiger partial charge >= 0.3 is 0 Å². The van der Waals surface area contributed by atoms with Crippen LogP contribution in [0.1, 0.15) is 45.4 Å². The molecule has 1 aliphatic rings. The molecule has 1 aromatic heterocycles. The van der Waals surface area contributed by atoms with Gasteiger partial charge in [0.2, 0.25) is 5.88 Å². The van der Waals surface area contributed by atoms with Crippen molar-refractivity contribution in [2.24, 2.45) is 0 Å². The van der Waals surface area contributed by atoms with Crippen LogP contribution in [0.5, 0.6) is 5.88 Å². The largest absolute Gasteiger partial charge is 0.473 e. The summed E-state index contributed by atoms with van der Waals surface area (Å²) in [5.74, 6) is 1.46. The molecule has 1 fully saturated rings. The van der Waals surface area contributed by atoms with Crippen molar-refractivity contribution in [3.05, 3.63) is 12.4 Å². The SMILES string of the molecule is CCCNc1cncc(OC2CCCCC2)n1. The lowest BCUT2D eigenvalue weighted by Crippen LogP contribution is -2.20. The molecule has 1 aliphatic carbocycles. The summed E-state index contributed by atoms with van der Waals surface area (Å²) in [5.41, 5.74) is 0. The Hall–Kier alpha value is -1.32. The van der Waals surface area contributed by atoms with Crippen LogP contribution in [0.2, 0.25) is 0 Å². The average Bonchev–Trinajstić information content (AvgIpc) is 2.38. The highest BCUT2D eigenvalue weighted by Crippen LogP contribution is 2.22. The smallest absolute Gasteiger partial charge is 0.234 e. The number of hydrogen-bond donors (Lipinski definition) is 1. The van der Waals surface area contributed by atoms with E-state index < -0.39 is 0 Å². The van der Waals surface area contributed by atoms with Crippen molar-refractivity contribution in [1.82, 2.24) is 9.97 Å². The maximum absolute atomic E-state index is 5.86. The third-order valence-corrected chi connectivity index (χ3v) is 3.01. The zero-order valence-electron chi connectivity index (χ0n) is 10.5. The molecule has 94 valence electrons. The van der Waals surface area contributed by atoms with Gasteiger partial charge in [-0.15, -0.1) is 0 Å². The number of rotatable bonds is 5. The van der Waals surface area contributed by atoms with E-state index in [1.807, 2.05) is 0 Å². The molecule has 4 nitrogen and oxygen atoms in total. The van der Waals surface area contributed by atoms with Crippen molar-refractivity contribution in [2.75, 3.05) is 11.9 Å². The van der Waals surface area contributed by atoms with Crippen molar-refractivity contribution in [3.63, 3.8) is 0 Å². The Balaban J connectivity index is 1.90. The van der Waals surface area contributed by atoms with Crippen LogP contribution in [-0.4, -0.2) is 22.6 Å². The summed E-state index contributed by atoms with van der Waals surface area (Å²) in [6.07, 6.45) is 11.0. The van der Waals surface area contributed by atoms with Crippen LogP contribution in [-0.2, 0) is 0 Å². The van der Waals surface area contributed by atoms with Gasteiger partial charge in [-0.3, -0.25) is 4.98 Å². The Morgan fingerprint density at radius 1 is 1.29 bits per heavy atom. The van der Waals surface area contributed by atoms with Gasteiger partial charge in [-0.1, -0.05) is 13.3 Å². The molecule has 0 atom stereocenters. The highest BCUT2D eigenvalue weighted by molar-refractivity contribution is 5.32. The van der Waals surface area contributed by atoms with Crippen LogP contribution in [0.15, 0.2) is 12.4 Å². The third kappa shape index (κ3) is 3.88. The minimum Gasteiger partial charge on any atom is -0.473 e. The van der Waals surface area contributed by atoms with Gasteiger partial charge in [-0.05, 0) is 32.1 Å². The summed E-state index contributed by atoms with van der Waals surface area (Å²) in [6, 6.07) is 0. The van der Waals surface area contributed by atoms with E-state index in [1.165, 1.54) is 19.3 Å². The summed E-state index contributed by atoms with van der Waals surface area (Å²) in [4.78, 5) is 8.56. The highest BCUT2D eigenvalue weighted by Gasteiger charge is 2.15. The number of nitrogens with zero attached hydrogens (tertiary/aromatic N) is 2. The molecule has 1 heterocycles. The summed E-state index contributed by atoms with van der Waals surface area (Å²) >= 11 is 0. The number of hydrogen-bond acceptors (Lipinski definition) is 4. The Morgan fingerprint density at radius 2 is 2.12 bits per heavy atom. The summed E-state index contributed by atoms with van der Waals surface area (Å²) < 4.78 is 5.86. The van der Waals surface area contributed by atoms with Gasteiger partial charge in [-0.25, -0.2) is 0 Å². The van der Waals surface area contributed by atoms with E-state index >= 15 is 0 Å². The van der Waals surface area contributed by atoms with Crippen LogP contribution in [0.4, 0.5) is 5.82 Å². The molecule has 0 unspecified atom stereocenters. The molecule has 0 radical (unpaired) electrons. The minimum atomic E-state index is 0.333. The number of ether oxygens (including phenoxy) is 1. The second-order valence-corrected chi connectivity index (χ2v) is 4.55. The van der Waals surface area contributed by atoms with E-state index in [9.17, 15) is 0 Å². The van der Waals surface area contributed by atoms with Crippen molar-refractivity contribution >= 4 is 5.82 Å². The molecule has 17 heavy (non-hydrogen) atoms. The standard InChI is InChI=1S/C13H21N3O/c1-2-8-15-12-9-14-10-13(16-12)17-11-6-4-3-5-7-11/h9-11H,2-8H2,1H3,(H,15,16). The van der Waals surface area contributed by atoms with Crippen LogP contribution in [0.3, 0.4) is 0 Å². The van der Waals surface area contributed by atoms with Gasteiger partial charge < -0.3 is 10.1 Å². The maximum Gasteiger partial charge on any atom is 0.234 e. The molecule has 1 N–H and O–H groups in total. The summed E-state index contributed by atoms with van der Waals surface area (Å²) in [5, 5.41) is 3.22. The second kappa shape index (κ2) is 6.42. The first-order valence-electron chi connectivity index (χ1n) is 6.61. The zero-order chi connectivity index (χ0) is 11.9. The molecule has 1 aromatic rings. The normalized spacial score (nSPS) is 16.8. The molecule has 4 heteroatoms. The molecule has 0 aromatic carbocycles. The molecule has 2 rings (SSSR count). The van der Waals surface area contributed by atoms with Crippen molar-refractivity contribution in [3.8, 4) is 5.88 Å². The van der Waals surface area contributed by atoms with Crippen LogP contribution in [0.25, 0.3) is 0 Å². The fraction of sp³-hybridized carbons (Fsp3) is 0.692. The first-order valence-corrected chi connectivity index (χ1v) is 6.61. The molecule has 0 bridgehead atoms. The third-order valence-electron chi connectivity index (χ3n) is 3.01. The summed E-state index contributed by atoms with van der Waals surface area (Å²) in [6.45, 7) is 3.05. The molecular weight excluding hydrogens is 214 g/mol. The number of nitrogens with one attached hydrogen (secondary N) is 1. The molecule has 0 spiro atoms. The Kier molecular flexibility index (Phi) is 4.59. The van der Waals surface area contributed by atoms with E-state index in [0.717, 1.165) is 31.6 Å². The van der Waals surface area contributed by atoms with Crippen LogP contribution in [0, 0.1) is 0 Å². The van der Waals surface area contributed by atoms with Gasteiger partial charge in [0, 0.05) is 6.54 Å². The average molecular weight is 235 g/mol. The van der Waals surface area contributed by atoms with E-state index in [2.05, 4.69) is 22.2 Å². The fourth-order valence-electron chi connectivity index (χ4n) is 2.10. The first kappa shape index (κ1) is 12.1. The Morgan fingerprint density at radius 3 is 2.88 bits per heavy atom. The van der Waals surface area contributed by atoms with E-state index in [1.54, 1.807) is 12.4 Å². The maximum atomic E-state index is 5.86. The van der Waals surface area contributed by atoms with Gasteiger partial charge in [0.05, 0.1) is 12.4 Å². The minimum absolute atomic E-state index is 0.333. The van der Waals surface area contributed by atoms with Gasteiger partial charge in [0.25, 0.3) is 0 Å². The fourth-order valence-corrected chi connectivity index (χ4v) is 2.10. The topological polar surface area (TPSA) is 47.0 Å². The Bertz CT molecular complexity index is 337. The second-order valence-electron chi connectivity index (χ2n) is 4.55. The number of aromatic nitrogens is 2. The van der Waals surface area contributed by atoms with Crippen molar-refractivity contribution < 1.29 is 4.74 Å².